The zero-order valence-electron chi connectivity index (χ0n) is 12.5. The van der Waals surface area contributed by atoms with Crippen molar-refractivity contribution in [3.05, 3.63) is 54.1 Å². The van der Waals surface area contributed by atoms with Crippen LogP contribution >= 0.6 is 0 Å². The zero-order valence-corrected chi connectivity index (χ0v) is 13.3. The Kier molecular flexibility index (Phi) is 5.68. The number of anilines is 2. The third-order valence-corrected chi connectivity index (χ3v) is 3.90. The van der Waals surface area contributed by atoms with Crippen molar-refractivity contribution in [3.8, 4) is 0 Å². The molecule has 22 heavy (non-hydrogen) atoms. The average Bonchev–Trinajstić information content (AvgIpc) is 2.50. The van der Waals surface area contributed by atoms with Crippen molar-refractivity contribution < 1.29 is 13.7 Å². The van der Waals surface area contributed by atoms with Gasteiger partial charge in [-0.25, -0.2) is 4.79 Å². The highest BCUT2D eigenvalue weighted by Gasteiger charge is 2.04. The first kappa shape index (κ1) is 16.2. The summed E-state index contributed by atoms with van der Waals surface area (Å²) in [6.07, 6.45) is 1.61. The van der Waals surface area contributed by atoms with E-state index in [4.69, 9.17) is 4.74 Å². The third-order valence-electron chi connectivity index (χ3n) is 2.97. The fraction of sp³-hybridized carbons (Fsp3) is 0.188. The minimum Gasteiger partial charge on any atom is -0.380 e. The molecule has 0 fully saturated rings. The second-order valence-corrected chi connectivity index (χ2v) is 6.07. The van der Waals surface area contributed by atoms with Crippen LogP contribution in [0.2, 0.25) is 0 Å². The molecule has 0 aromatic heterocycles. The molecule has 2 rings (SSSR count). The first-order valence-corrected chi connectivity index (χ1v) is 8.23. The molecule has 1 atom stereocenters. The Bertz CT molecular complexity index is 654. The molecule has 0 unspecified atom stereocenters. The van der Waals surface area contributed by atoms with E-state index >= 15 is 0 Å². The molecule has 0 heterocycles. The highest BCUT2D eigenvalue weighted by molar-refractivity contribution is 7.84. The van der Waals surface area contributed by atoms with E-state index < -0.39 is 10.8 Å². The number of carbonyl (C=O) groups excluding carboxylic acids is 1. The van der Waals surface area contributed by atoms with Gasteiger partial charge in [0.25, 0.3) is 0 Å². The summed E-state index contributed by atoms with van der Waals surface area (Å²) >= 11 is 0. The highest BCUT2D eigenvalue weighted by atomic mass is 32.2. The molecule has 2 N–H and O–H groups in total. The van der Waals surface area contributed by atoms with Crippen molar-refractivity contribution in [3.63, 3.8) is 0 Å². The lowest BCUT2D eigenvalue weighted by molar-refractivity contribution is 0.185. The van der Waals surface area contributed by atoms with Crippen LogP contribution in [0, 0.1) is 0 Å². The van der Waals surface area contributed by atoms with E-state index in [0.717, 1.165) is 10.5 Å². The fourth-order valence-electron chi connectivity index (χ4n) is 1.87. The molecule has 2 aromatic carbocycles. The van der Waals surface area contributed by atoms with E-state index in [0.29, 0.717) is 18.0 Å². The van der Waals surface area contributed by atoms with Crippen LogP contribution < -0.4 is 10.6 Å². The molecule has 2 aromatic rings. The Morgan fingerprint density at radius 3 is 1.95 bits per heavy atom. The van der Waals surface area contributed by atoms with Crippen molar-refractivity contribution in [1.29, 1.82) is 0 Å². The summed E-state index contributed by atoms with van der Waals surface area (Å²) < 4.78 is 16.3. The van der Waals surface area contributed by atoms with Gasteiger partial charge in [0.05, 0.1) is 6.61 Å². The number of methoxy groups -OCH3 is 1. The van der Waals surface area contributed by atoms with Gasteiger partial charge in [0, 0.05) is 40.4 Å². The van der Waals surface area contributed by atoms with E-state index in [9.17, 15) is 9.00 Å². The summed E-state index contributed by atoms with van der Waals surface area (Å²) in [4.78, 5) is 12.6. The van der Waals surface area contributed by atoms with Crippen molar-refractivity contribution in [1.82, 2.24) is 0 Å². The summed E-state index contributed by atoms with van der Waals surface area (Å²) in [7, 11) is 0.614. The molecule has 0 aliphatic carbocycles. The lowest BCUT2D eigenvalue weighted by Gasteiger charge is -2.08. The number of rotatable bonds is 5. The van der Waals surface area contributed by atoms with Crippen LogP contribution in [0.4, 0.5) is 16.2 Å². The van der Waals surface area contributed by atoms with Crippen LogP contribution in [-0.4, -0.2) is 23.6 Å². The first-order valence-electron chi connectivity index (χ1n) is 6.68. The van der Waals surface area contributed by atoms with Crippen molar-refractivity contribution in [2.45, 2.75) is 11.5 Å². The molecule has 0 aliphatic heterocycles. The number of carbonyl (C=O) groups is 1. The molecule has 0 saturated heterocycles. The Labute approximate surface area is 132 Å². The standard InChI is InChI=1S/C16H18N2O3S/c1-21-11-12-3-5-13(6-4-12)17-16(19)18-14-7-9-15(10-8-14)22(2)20/h3-10H,11H2,1-2H3,(H2,17,18,19)/t22-/m0/s1. The predicted octanol–water partition coefficient (Wildman–Crippen LogP) is 3.21. The summed E-state index contributed by atoms with van der Waals surface area (Å²) in [5, 5.41) is 5.47. The number of benzene rings is 2. The van der Waals surface area contributed by atoms with Gasteiger partial charge >= 0.3 is 6.03 Å². The van der Waals surface area contributed by atoms with E-state index in [1.54, 1.807) is 37.6 Å². The Morgan fingerprint density at radius 2 is 1.50 bits per heavy atom. The van der Waals surface area contributed by atoms with Crippen LogP contribution in [-0.2, 0) is 22.1 Å². The maximum atomic E-state index is 11.9. The van der Waals surface area contributed by atoms with Crippen LogP contribution in [0.1, 0.15) is 5.56 Å². The van der Waals surface area contributed by atoms with Gasteiger partial charge in [-0.3, -0.25) is 4.21 Å². The largest absolute Gasteiger partial charge is 0.380 e. The van der Waals surface area contributed by atoms with Gasteiger partial charge < -0.3 is 15.4 Å². The second-order valence-electron chi connectivity index (χ2n) is 4.69. The van der Waals surface area contributed by atoms with Gasteiger partial charge in [0.2, 0.25) is 0 Å². The Balaban J connectivity index is 1.93. The fourth-order valence-corrected chi connectivity index (χ4v) is 2.39. The number of ether oxygens (including phenoxy) is 1. The first-order chi connectivity index (χ1) is 10.6. The topological polar surface area (TPSA) is 67.4 Å². The van der Waals surface area contributed by atoms with Gasteiger partial charge in [0.15, 0.2) is 0 Å². The Hall–Kier alpha value is -2.18. The lowest BCUT2D eigenvalue weighted by atomic mass is 10.2. The summed E-state index contributed by atoms with van der Waals surface area (Å²) in [5.41, 5.74) is 2.38. The van der Waals surface area contributed by atoms with Crippen molar-refractivity contribution in [2.24, 2.45) is 0 Å². The number of amides is 2. The van der Waals surface area contributed by atoms with Gasteiger partial charge in [0.1, 0.15) is 0 Å². The van der Waals surface area contributed by atoms with Crippen molar-refractivity contribution in [2.75, 3.05) is 24.0 Å². The van der Waals surface area contributed by atoms with Gasteiger partial charge in [-0.05, 0) is 42.0 Å². The lowest BCUT2D eigenvalue weighted by Crippen LogP contribution is -2.19. The smallest absolute Gasteiger partial charge is 0.323 e. The van der Waals surface area contributed by atoms with Gasteiger partial charge in [-0.2, -0.15) is 0 Å². The second kappa shape index (κ2) is 7.72. The quantitative estimate of drug-likeness (QED) is 0.889. The van der Waals surface area contributed by atoms with Crippen LogP contribution in [0.3, 0.4) is 0 Å². The zero-order chi connectivity index (χ0) is 15.9. The van der Waals surface area contributed by atoms with E-state index in [2.05, 4.69) is 10.6 Å². The van der Waals surface area contributed by atoms with Gasteiger partial charge in [-0.15, -0.1) is 0 Å². The minimum absolute atomic E-state index is 0.329. The average molecular weight is 318 g/mol. The van der Waals surface area contributed by atoms with Gasteiger partial charge in [-0.1, -0.05) is 12.1 Å². The molecule has 116 valence electrons. The SMILES string of the molecule is COCc1ccc(NC(=O)Nc2ccc([S@](C)=O)cc2)cc1. The molecule has 0 spiro atoms. The normalized spacial score (nSPS) is 11.7. The maximum Gasteiger partial charge on any atom is 0.323 e. The summed E-state index contributed by atoms with van der Waals surface area (Å²) in [5.74, 6) is 0. The minimum atomic E-state index is -1.02. The molecular weight excluding hydrogens is 300 g/mol. The van der Waals surface area contributed by atoms with E-state index in [-0.39, 0.29) is 6.03 Å². The van der Waals surface area contributed by atoms with Crippen molar-refractivity contribution >= 4 is 28.2 Å². The third kappa shape index (κ3) is 4.68. The maximum absolute atomic E-state index is 11.9. The predicted molar refractivity (Wildman–Crippen MR) is 88.6 cm³/mol. The monoisotopic (exact) mass is 318 g/mol. The van der Waals surface area contributed by atoms with E-state index in [1.165, 1.54) is 0 Å². The highest BCUT2D eigenvalue weighted by Crippen LogP contribution is 2.14. The van der Waals surface area contributed by atoms with E-state index in [1.807, 2.05) is 24.3 Å². The number of urea groups is 1. The number of nitrogens with one attached hydrogen (secondary N) is 2. The number of hydrogen-bond acceptors (Lipinski definition) is 3. The van der Waals surface area contributed by atoms with Crippen LogP contribution in [0.25, 0.3) is 0 Å². The summed E-state index contributed by atoms with van der Waals surface area (Å²) in [6, 6.07) is 14.0. The number of hydrogen-bond donors (Lipinski definition) is 2. The van der Waals surface area contributed by atoms with Crippen LogP contribution in [0.15, 0.2) is 53.4 Å². The Morgan fingerprint density at radius 1 is 1.00 bits per heavy atom. The molecular formula is C16H18N2O3S. The molecule has 0 aliphatic rings. The molecule has 6 heteroatoms. The summed E-state index contributed by atoms with van der Waals surface area (Å²) in [6.45, 7) is 0.539. The van der Waals surface area contributed by atoms with Crippen LogP contribution in [0.5, 0.6) is 0 Å². The molecule has 5 nitrogen and oxygen atoms in total. The molecule has 2 amide bonds. The molecule has 0 radical (unpaired) electrons. The molecule has 0 saturated carbocycles. The molecule has 0 bridgehead atoms.